The van der Waals surface area contributed by atoms with Crippen LogP contribution in [-0.4, -0.2) is 65.5 Å². The first kappa shape index (κ1) is 28.5. The predicted molar refractivity (Wildman–Crippen MR) is 166 cm³/mol. The summed E-state index contributed by atoms with van der Waals surface area (Å²) >= 11 is 7.07. The van der Waals surface area contributed by atoms with Gasteiger partial charge in [0.15, 0.2) is 11.6 Å². The number of allylic oxidation sites excluding steroid dienone is 2. The van der Waals surface area contributed by atoms with Gasteiger partial charge < -0.3 is 20.1 Å². The molecule has 8 nitrogen and oxygen atoms in total. The van der Waals surface area contributed by atoms with Gasteiger partial charge in [-0.1, -0.05) is 17.7 Å². The second kappa shape index (κ2) is 9.88. The molecule has 4 aliphatic heterocycles. The number of benzene rings is 2. The second-order valence-electron chi connectivity index (χ2n) is 14.0. The van der Waals surface area contributed by atoms with Crippen LogP contribution in [0.15, 0.2) is 17.8 Å². The molecule has 46 heavy (non-hydrogen) atoms. The molecule has 1 saturated carbocycles. The fourth-order valence-corrected chi connectivity index (χ4v) is 9.10. The topological polar surface area (TPSA) is 101 Å². The molecule has 0 radical (unpaired) electrons. The normalized spacial score (nSPS) is 27.3. The number of nitrogens with two attached hydrogens (primary N) is 1. The van der Waals surface area contributed by atoms with Crippen molar-refractivity contribution in [3.63, 3.8) is 0 Å². The molecule has 0 unspecified atom stereocenters. The monoisotopic (exact) mass is 648 g/mol. The van der Waals surface area contributed by atoms with Crippen molar-refractivity contribution in [3.05, 3.63) is 45.6 Å². The van der Waals surface area contributed by atoms with E-state index in [-0.39, 0.29) is 80.3 Å². The summed E-state index contributed by atoms with van der Waals surface area (Å²) in [6, 6.07) is 4.72. The molecule has 1 spiro atoms. The van der Waals surface area contributed by atoms with Gasteiger partial charge >= 0.3 is 6.01 Å². The van der Waals surface area contributed by atoms with Crippen LogP contribution in [-0.2, 0) is 6.42 Å². The van der Waals surface area contributed by atoms with Crippen LogP contribution < -0.4 is 20.1 Å². The summed E-state index contributed by atoms with van der Waals surface area (Å²) in [5, 5.41) is 10.3. The van der Waals surface area contributed by atoms with Crippen molar-refractivity contribution in [3.8, 4) is 29.0 Å². The molecule has 2 aromatic carbocycles. The highest BCUT2D eigenvalue weighted by Gasteiger charge is 2.51. The van der Waals surface area contributed by atoms with Gasteiger partial charge in [0.25, 0.3) is 0 Å². The van der Waals surface area contributed by atoms with Gasteiger partial charge in [-0.25, -0.2) is 13.2 Å². The Balaban J connectivity index is 1.24. The van der Waals surface area contributed by atoms with Crippen molar-refractivity contribution >= 4 is 33.9 Å². The molecule has 12 heteroatoms. The van der Waals surface area contributed by atoms with Crippen LogP contribution in [0.3, 0.4) is 0 Å². The average molecular weight is 649 g/mol. The van der Waals surface area contributed by atoms with Crippen LogP contribution in [0.1, 0.15) is 56.1 Å². The Labute approximate surface area is 268 Å². The summed E-state index contributed by atoms with van der Waals surface area (Å²) in [6.45, 7) is 2.46. The molecule has 5 heterocycles. The Morgan fingerprint density at radius 2 is 2.02 bits per heavy atom. The van der Waals surface area contributed by atoms with Crippen LogP contribution in [0, 0.1) is 28.4 Å². The van der Waals surface area contributed by atoms with E-state index in [0.29, 0.717) is 30.8 Å². The molecule has 9 rings (SSSR count). The van der Waals surface area contributed by atoms with Gasteiger partial charge in [0, 0.05) is 48.3 Å². The minimum atomic E-state index is -0.921. The summed E-state index contributed by atoms with van der Waals surface area (Å²) in [5.41, 5.74) is 6.81. The maximum atomic E-state index is 17.2. The summed E-state index contributed by atoms with van der Waals surface area (Å²) in [4.78, 5) is 13.9. The van der Waals surface area contributed by atoms with Crippen molar-refractivity contribution in [1.29, 1.82) is 5.26 Å². The molecule has 1 aromatic heterocycles. The molecule has 6 aliphatic rings. The zero-order chi connectivity index (χ0) is 31.5. The molecule has 4 fully saturated rings. The first-order valence-corrected chi connectivity index (χ1v) is 16.4. The minimum absolute atomic E-state index is 0.00139. The smallest absolute Gasteiger partial charge is 0.319 e. The van der Waals surface area contributed by atoms with E-state index in [1.807, 2.05) is 0 Å². The van der Waals surface area contributed by atoms with Crippen molar-refractivity contribution in [1.82, 2.24) is 14.9 Å². The number of nitrogens with zero attached hydrogens (tertiary/aromatic N) is 5. The molecular formula is C34H32ClF3N6O2. The Morgan fingerprint density at radius 3 is 2.83 bits per heavy atom. The number of aromatic nitrogens is 2. The lowest BCUT2D eigenvalue weighted by Crippen LogP contribution is -2.47. The number of alkyl halides is 1. The molecule has 3 atom stereocenters. The number of hydrogen-bond donors (Lipinski definition) is 1. The van der Waals surface area contributed by atoms with Crippen LogP contribution in [0.5, 0.6) is 11.8 Å². The van der Waals surface area contributed by atoms with Gasteiger partial charge in [-0.3, -0.25) is 4.90 Å². The van der Waals surface area contributed by atoms with Crippen molar-refractivity contribution in [2.24, 2.45) is 11.1 Å². The molecule has 0 bridgehead atoms. The molecule has 3 aromatic rings. The number of fused-ring (bicyclic) bond motifs is 4. The van der Waals surface area contributed by atoms with Gasteiger partial charge in [0.1, 0.15) is 42.6 Å². The van der Waals surface area contributed by atoms with Gasteiger partial charge in [-0.05, 0) is 62.1 Å². The summed E-state index contributed by atoms with van der Waals surface area (Å²) in [6.07, 6.45) is 5.49. The Morgan fingerprint density at radius 1 is 1.17 bits per heavy atom. The zero-order valence-corrected chi connectivity index (χ0v) is 25.9. The molecular weight excluding hydrogens is 617 g/mol. The Hall–Kier alpha value is -3.75. The zero-order valence-electron chi connectivity index (χ0n) is 25.1. The number of piperidine rings is 1. The van der Waals surface area contributed by atoms with Crippen molar-refractivity contribution in [2.75, 3.05) is 37.7 Å². The molecule has 2 N–H and O–H groups in total. The third-order valence-corrected chi connectivity index (χ3v) is 11.7. The Bertz CT molecular complexity index is 1930. The highest BCUT2D eigenvalue weighted by atomic mass is 35.5. The first-order valence-electron chi connectivity index (χ1n) is 16.1. The third kappa shape index (κ3) is 4.02. The van der Waals surface area contributed by atoms with E-state index in [2.05, 4.69) is 20.9 Å². The standard InChI is InChI=1S/C34H32ClF3N6O2/c35-27-25(19-2-3-22(37)20-10-23(40)21(12-39)24(19)20)28(38)29-26-30(27)45-14-18-4-6-33(7-8-33)15-44(18)31(26)42-32(41-29)46-16-34-5-1-9-43(34)13-17(36)11-34/h2-3,17-18H,1,4-11,13-16,40H2/t17-,18+,34+/m1/s1. The quantitative estimate of drug-likeness (QED) is 0.364. The Kier molecular flexibility index (Phi) is 6.11. The van der Waals surface area contributed by atoms with E-state index in [0.717, 1.165) is 51.6 Å². The van der Waals surface area contributed by atoms with Crippen LogP contribution in [0.2, 0.25) is 5.02 Å². The highest BCUT2D eigenvalue weighted by Crippen LogP contribution is 2.57. The van der Waals surface area contributed by atoms with E-state index in [1.54, 1.807) is 0 Å². The van der Waals surface area contributed by atoms with E-state index in [4.69, 9.17) is 31.8 Å². The number of ether oxygens (including phenoxy) is 2. The van der Waals surface area contributed by atoms with Crippen LogP contribution >= 0.6 is 11.6 Å². The van der Waals surface area contributed by atoms with Crippen molar-refractivity contribution < 1.29 is 22.6 Å². The summed E-state index contributed by atoms with van der Waals surface area (Å²) in [5.74, 6) is -0.526. The van der Waals surface area contributed by atoms with Crippen LogP contribution in [0.4, 0.5) is 19.0 Å². The van der Waals surface area contributed by atoms with Gasteiger partial charge in [-0.15, -0.1) is 0 Å². The molecule has 238 valence electrons. The fraction of sp³-hybridized carbons (Fsp3) is 0.500. The van der Waals surface area contributed by atoms with Gasteiger partial charge in [0.2, 0.25) is 0 Å². The minimum Gasteiger partial charge on any atom is -0.489 e. The number of rotatable bonds is 4. The number of hydrogen-bond acceptors (Lipinski definition) is 8. The number of nitriles is 1. The third-order valence-electron chi connectivity index (χ3n) is 11.4. The predicted octanol–water partition coefficient (Wildman–Crippen LogP) is 6.07. The van der Waals surface area contributed by atoms with E-state index in [1.165, 1.54) is 12.1 Å². The number of halogens is 4. The SMILES string of the molecule is N#CC1=C(N)Cc2c(F)ccc(-c3c(Cl)c4c5c(nc(OC[C@@]67CCCN6C[C@H](F)C7)nc5c3F)N3CC5(CC[C@H]3CO4)CC5)c21. The maximum absolute atomic E-state index is 17.2. The fourth-order valence-electron chi connectivity index (χ4n) is 8.77. The number of anilines is 1. The lowest BCUT2D eigenvalue weighted by atomic mass is 9.90. The van der Waals surface area contributed by atoms with Crippen LogP contribution in [0.25, 0.3) is 27.6 Å². The lowest BCUT2D eigenvalue weighted by Gasteiger charge is -2.39. The molecule has 3 saturated heterocycles. The van der Waals surface area contributed by atoms with E-state index < -0.39 is 23.3 Å². The van der Waals surface area contributed by atoms with Crippen molar-refractivity contribution in [2.45, 2.75) is 69.1 Å². The average Bonchev–Trinajstić information content (AvgIpc) is 3.43. The van der Waals surface area contributed by atoms with E-state index in [9.17, 15) is 14.0 Å². The van der Waals surface area contributed by atoms with Gasteiger partial charge in [0.05, 0.1) is 27.6 Å². The largest absolute Gasteiger partial charge is 0.489 e. The maximum Gasteiger partial charge on any atom is 0.319 e. The first-order chi connectivity index (χ1) is 22.2. The lowest BCUT2D eigenvalue weighted by molar-refractivity contribution is 0.107. The van der Waals surface area contributed by atoms with Gasteiger partial charge in [-0.2, -0.15) is 15.2 Å². The van der Waals surface area contributed by atoms with E-state index >= 15 is 4.39 Å². The molecule has 0 amide bonds. The second-order valence-corrected chi connectivity index (χ2v) is 14.4. The summed E-state index contributed by atoms with van der Waals surface area (Å²) < 4.78 is 59.4. The molecule has 2 aliphatic carbocycles. The highest BCUT2D eigenvalue weighted by molar-refractivity contribution is 6.37. The summed E-state index contributed by atoms with van der Waals surface area (Å²) in [7, 11) is 0.